The lowest BCUT2D eigenvalue weighted by molar-refractivity contribution is -0.168. The van der Waals surface area contributed by atoms with Crippen molar-refractivity contribution < 1.29 is 19.4 Å². The minimum absolute atomic E-state index is 0.0799. The van der Waals surface area contributed by atoms with Gasteiger partial charge in [0, 0.05) is 25.9 Å². The molecule has 5 unspecified atom stereocenters. The zero-order chi connectivity index (χ0) is 33.2. The van der Waals surface area contributed by atoms with E-state index in [4.69, 9.17) is 11.5 Å². The molecule has 7 nitrogen and oxygen atoms in total. The van der Waals surface area contributed by atoms with Crippen molar-refractivity contribution >= 4 is 11.8 Å². The van der Waals surface area contributed by atoms with Gasteiger partial charge in [-0.2, -0.15) is 0 Å². The topological polar surface area (TPSA) is 128 Å². The molecule has 4 rings (SSSR count). The number of nitrogens with one attached hydrogen (secondary N) is 1. The molecule has 0 aliphatic heterocycles. The van der Waals surface area contributed by atoms with Crippen molar-refractivity contribution in [3.63, 3.8) is 0 Å². The van der Waals surface area contributed by atoms with Crippen LogP contribution >= 0.6 is 0 Å². The van der Waals surface area contributed by atoms with Crippen molar-refractivity contribution in [1.82, 2.24) is 5.32 Å². The van der Waals surface area contributed by atoms with Crippen LogP contribution in [0, 0.1) is 58.2 Å². The number of aliphatic hydroxyl groups is 1. The number of ether oxygens (including phenoxy) is 1. The summed E-state index contributed by atoms with van der Waals surface area (Å²) >= 11 is 0. The third-order valence-corrected chi connectivity index (χ3v) is 12.7. The Kier molecular flexibility index (Phi) is 15.8. The number of carbonyl (C=O) groups excluding carboxylic acids is 2. The Hall–Kier alpha value is -1.02. The number of esters is 1. The van der Waals surface area contributed by atoms with Gasteiger partial charge >= 0.3 is 5.97 Å². The lowest BCUT2D eigenvalue weighted by Crippen LogP contribution is -2.58. The van der Waals surface area contributed by atoms with Gasteiger partial charge in [0.2, 0.25) is 0 Å². The highest BCUT2D eigenvalue weighted by Crippen LogP contribution is 2.68. The largest absolute Gasteiger partial charge is 0.468 e. The molecule has 4 aliphatic rings. The molecule has 0 heterocycles. The van der Waals surface area contributed by atoms with Crippen molar-refractivity contribution in [1.29, 1.82) is 0 Å². The number of fused-ring (bicyclic) bond motifs is 5. The van der Waals surface area contributed by atoms with E-state index in [0.29, 0.717) is 40.8 Å². The number of hydrogen-bond donors (Lipinski definition) is 4. The van der Waals surface area contributed by atoms with Crippen molar-refractivity contribution in [2.24, 2.45) is 69.6 Å². The van der Waals surface area contributed by atoms with Crippen LogP contribution in [-0.4, -0.2) is 55.7 Å². The fraction of sp³-hybridized carbons (Fsp3) is 0.946. The van der Waals surface area contributed by atoms with Gasteiger partial charge in [0.05, 0.1) is 13.2 Å². The van der Waals surface area contributed by atoms with Crippen LogP contribution in [0.25, 0.3) is 0 Å². The highest BCUT2D eigenvalue weighted by molar-refractivity contribution is 5.77. The van der Waals surface area contributed by atoms with E-state index in [-0.39, 0.29) is 18.0 Å². The van der Waals surface area contributed by atoms with E-state index in [1.165, 1.54) is 52.1 Å². The summed E-state index contributed by atoms with van der Waals surface area (Å²) in [5, 5.41) is 14.5. The fourth-order valence-corrected chi connectivity index (χ4v) is 9.87. The number of hydrogen-bond acceptors (Lipinski definition) is 7. The van der Waals surface area contributed by atoms with E-state index in [1.54, 1.807) is 0 Å². The Labute approximate surface area is 270 Å². The Morgan fingerprint density at radius 1 is 1.00 bits per heavy atom. The van der Waals surface area contributed by atoms with E-state index >= 15 is 0 Å². The van der Waals surface area contributed by atoms with Crippen LogP contribution in [0.3, 0.4) is 0 Å². The normalized spacial score (nSPS) is 37.2. The van der Waals surface area contributed by atoms with Crippen LogP contribution in [-0.2, 0) is 14.3 Å². The van der Waals surface area contributed by atoms with Gasteiger partial charge in [0.25, 0.3) is 0 Å². The van der Waals surface area contributed by atoms with E-state index < -0.39 is 6.04 Å². The van der Waals surface area contributed by atoms with Crippen molar-refractivity contribution in [2.75, 3.05) is 26.7 Å². The van der Waals surface area contributed by atoms with Gasteiger partial charge in [-0.3, -0.25) is 9.59 Å². The zero-order valence-electron chi connectivity index (χ0n) is 30.0. The minimum atomic E-state index is -0.477. The second kappa shape index (κ2) is 17.8. The number of ketones is 1. The molecule has 44 heavy (non-hydrogen) atoms. The molecular formula is C37H71N3O4. The summed E-state index contributed by atoms with van der Waals surface area (Å²) in [5.41, 5.74) is 11.4. The van der Waals surface area contributed by atoms with Crippen LogP contribution in [0.2, 0.25) is 0 Å². The van der Waals surface area contributed by atoms with Gasteiger partial charge in [-0.05, 0) is 116 Å². The number of methoxy groups -OCH3 is 1. The minimum Gasteiger partial charge on any atom is -0.468 e. The first kappa shape index (κ1) is 39.2. The first-order chi connectivity index (χ1) is 20.7. The van der Waals surface area contributed by atoms with Crippen molar-refractivity contribution in [3.8, 4) is 0 Å². The molecule has 4 aliphatic carbocycles. The molecule has 11 atom stereocenters. The molecule has 6 N–H and O–H groups in total. The van der Waals surface area contributed by atoms with Gasteiger partial charge in [-0.15, -0.1) is 0 Å². The van der Waals surface area contributed by atoms with E-state index in [0.717, 1.165) is 62.6 Å². The van der Waals surface area contributed by atoms with Crippen LogP contribution < -0.4 is 16.8 Å². The molecule has 0 aromatic heterocycles. The second-order valence-electron chi connectivity index (χ2n) is 15.7. The zero-order valence-corrected chi connectivity index (χ0v) is 30.0. The van der Waals surface area contributed by atoms with Gasteiger partial charge in [-0.25, -0.2) is 0 Å². The maximum absolute atomic E-state index is 11.9. The molecule has 0 aromatic carbocycles. The van der Waals surface area contributed by atoms with Gasteiger partial charge in [-0.1, -0.05) is 61.8 Å². The molecule has 0 spiro atoms. The first-order valence-electron chi connectivity index (χ1n) is 18.1. The van der Waals surface area contributed by atoms with Crippen LogP contribution in [0.1, 0.15) is 126 Å². The molecule has 0 bridgehead atoms. The SMILES string of the molecule is CCC(=O)CC[C@@H](C)C1CCC2C3C(CC[C@@]21C)[C@@]1(C)CC[C@H](C)C[C@H]1C[C@H]3O.CCNCCN.COC(=O)C(N)C(C)C. The van der Waals surface area contributed by atoms with Crippen LogP contribution in [0.15, 0.2) is 0 Å². The maximum atomic E-state index is 11.9. The maximum Gasteiger partial charge on any atom is 0.322 e. The summed E-state index contributed by atoms with van der Waals surface area (Å²) in [6, 6.07) is -0.477. The average Bonchev–Trinajstić information content (AvgIpc) is 3.36. The molecule has 0 saturated heterocycles. The molecule has 0 radical (unpaired) electrons. The molecule has 7 heteroatoms. The quantitative estimate of drug-likeness (QED) is 0.165. The number of Topliss-reactive ketones (excluding diaryl/α,β-unsaturated/α-hetero) is 1. The first-order valence-corrected chi connectivity index (χ1v) is 18.1. The molecular weight excluding hydrogens is 550 g/mol. The van der Waals surface area contributed by atoms with E-state index in [9.17, 15) is 14.7 Å². The lowest BCUT2D eigenvalue weighted by Gasteiger charge is -2.62. The smallest absolute Gasteiger partial charge is 0.322 e. The summed E-state index contributed by atoms with van der Waals surface area (Å²) in [7, 11) is 1.34. The number of rotatable bonds is 10. The average molecular weight is 622 g/mol. The van der Waals surface area contributed by atoms with E-state index in [1.807, 2.05) is 20.8 Å². The van der Waals surface area contributed by atoms with Crippen molar-refractivity contribution in [3.05, 3.63) is 0 Å². The number of likely N-dealkylation sites (N-methyl/N-ethyl adjacent to an activating group) is 1. The van der Waals surface area contributed by atoms with Gasteiger partial charge in [0.1, 0.15) is 11.8 Å². The summed E-state index contributed by atoms with van der Waals surface area (Å²) < 4.78 is 4.41. The number of nitrogens with two attached hydrogens (primary N) is 2. The third-order valence-electron chi connectivity index (χ3n) is 12.7. The second-order valence-corrected chi connectivity index (χ2v) is 15.7. The molecule has 258 valence electrons. The Morgan fingerprint density at radius 2 is 1.64 bits per heavy atom. The van der Waals surface area contributed by atoms with Gasteiger partial charge < -0.3 is 26.6 Å². The molecule has 0 aromatic rings. The van der Waals surface area contributed by atoms with Crippen molar-refractivity contribution in [2.45, 2.75) is 138 Å². The Morgan fingerprint density at radius 3 is 2.16 bits per heavy atom. The predicted molar refractivity (Wildman–Crippen MR) is 182 cm³/mol. The number of aliphatic hydroxyl groups excluding tert-OH is 1. The monoisotopic (exact) mass is 622 g/mol. The third kappa shape index (κ3) is 9.29. The lowest BCUT2D eigenvalue weighted by atomic mass is 9.43. The summed E-state index contributed by atoms with van der Waals surface area (Å²) in [6.07, 6.45) is 12.9. The Balaban J connectivity index is 0.000000374. The highest BCUT2D eigenvalue weighted by Gasteiger charge is 2.62. The predicted octanol–water partition coefficient (Wildman–Crippen LogP) is 6.34. The van der Waals surface area contributed by atoms with Crippen LogP contribution in [0.5, 0.6) is 0 Å². The van der Waals surface area contributed by atoms with Crippen LogP contribution in [0.4, 0.5) is 0 Å². The molecule has 0 amide bonds. The fourth-order valence-electron chi connectivity index (χ4n) is 9.87. The standard InChI is InChI=1S/C27H46O2.C6H13NO2.C4H12N2/c1-6-20(28)8-7-18(3)21-9-10-22-25-23(12-14-27(21,22)5)26(4)13-11-17(2)15-19(26)16-24(25)29;1-4(2)5(7)6(8)9-3;1-2-6-4-3-5/h17-19,21-25,29H,6-16H2,1-5H3;4-5H,7H2,1-3H3;6H,2-5H2,1H3/t17-,18+,19-,21?,22?,23?,24+,25?,26-,27+;;/m0../s1. The highest BCUT2D eigenvalue weighted by atomic mass is 16.5. The Bertz CT molecular complexity index is 879. The van der Waals surface area contributed by atoms with Gasteiger partial charge in [0.15, 0.2) is 0 Å². The summed E-state index contributed by atoms with van der Waals surface area (Å²) in [6.45, 7) is 20.5. The summed E-state index contributed by atoms with van der Waals surface area (Å²) in [5.74, 6) is 5.14. The van der Waals surface area contributed by atoms with E-state index in [2.05, 4.69) is 44.7 Å². The molecule has 4 saturated carbocycles. The molecule has 4 fully saturated rings. The summed E-state index contributed by atoms with van der Waals surface area (Å²) in [4.78, 5) is 22.5. The number of carbonyl (C=O) groups is 2.